The summed E-state index contributed by atoms with van der Waals surface area (Å²) in [5.41, 5.74) is 5.55. The van der Waals surface area contributed by atoms with E-state index >= 15 is 0 Å². The van der Waals surface area contributed by atoms with Gasteiger partial charge in [0.05, 0.1) is 5.69 Å². The highest BCUT2D eigenvalue weighted by atomic mass is 35.5. The number of aryl methyl sites for hydroxylation is 2. The number of benzene rings is 1. The van der Waals surface area contributed by atoms with Crippen molar-refractivity contribution in [1.29, 1.82) is 0 Å². The van der Waals surface area contributed by atoms with Gasteiger partial charge in [0.25, 0.3) is 0 Å². The topological polar surface area (TPSA) is 79.6 Å². The van der Waals surface area contributed by atoms with Gasteiger partial charge in [-0.3, -0.25) is 9.59 Å². The zero-order chi connectivity index (χ0) is 22.7. The maximum atomic E-state index is 12.3. The van der Waals surface area contributed by atoms with Crippen molar-refractivity contribution in [2.75, 3.05) is 19.6 Å². The van der Waals surface area contributed by atoms with Gasteiger partial charge in [0.2, 0.25) is 11.8 Å². The monoisotopic (exact) mass is 453 g/mol. The number of nitrogens with one attached hydrogen (secondary N) is 1. The highest BCUT2D eigenvalue weighted by Crippen LogP contribution is 2.24. The Hall–Kier alpha value is -2.93. The molecule has 1 aliphatic heterocycles. The molecule has 1 fully saturated rings. The van der Waals surface area contributed by atoms with E-state index in [1.807, 2.05) is 53.6 Å². The van der Waals surface area contributed by atoms with Crippen LogP contribution < -0.4 is 5.32 Å². The third-order valence-electron chi connectivity index (χ3n) is 6.00. The number of hydrogen-bond donors (Lipinski definition) is 1. The van der Waals surface area contributed by atoms with Crippen molar-refractivity contribution in [1.82, 2.24) is 24.8 Å². The molecular weight excluding hydrogens is 426 g/mol. The molecule has 0 radical (unpaired) electrons. The van der Waals surface area contributed by atoms with Gasteiger partial charge in [-0.2, -0.15) is 5.10 Å². The predicted octanol–water partition coefficient (Wildman–Crippen LogP) is 3.73. The fraction of sp³-hybridized carbons (Fsp3) is 0.417. The van der Waals surface area contributed by atoms with E-state index in [9.17, 15) is 9.59 Å². The number of hydrogen-bond acceptors (Lipinski definition) is 4. The molecule has 0 spiro atoms. The third kappa shape index (κ3) is 4.93. The van der Waals surface area contributed by atoms with Crippen LogP contribution in [0.15, 0.2) is 30.3 Å². The van der Waals surface area contributed by atoms with Gasteiger partial charge in [-0.1, -0.05) is 23.7 Å². The van der Waals surface area contributed by atoms with E-state index in [2.05, 4.69) is 5.32 Å². The number of fused-ring (bicyclic) bond motifs is 1. The van der Waals surface area contributed by atoms with Crippen LogP contribution in [0, 0.1) is 13.8 Å². The highest BCUT2D eigenvalue weighted by molar-refractivity contribution is 6.30. The summed E-state index contributed by atoms with van der Waals surface area (Å²) in [6, 6.07) is 9.54. The van der Waals surface area contributed by atoms with Gasteiger partial charge in [-0.15, -0.1) is 0 Å². The maximum absolute atomic E-state index is 12.3. The number of likely N-dealkylation sites (tertiary alicyclic amines) is 1. The van der Waals surface area contributed by atoms with Crippen molar-refractivity contribution >= 4 is 29.1 Å². The van der Waals surface area contributed by atoms with Crippen LogP contribution in [0.1, 0.15) is 42.6 Å². The second kappa shape index (κ2) is 9.69. The minimum Gasteiger partial charge on any atom is -0.356 e. The highest BCUT2D eigenvalue weighted by Gasteiger charge is 2.19. The molecule has 2 amide bonds. The van der Waals surface area contributed by atoms with Crippen molar-refractivity contribution in [2.24, 2.45) is 0 Å². The maximum Gasteiger partial charge on any atom is 0.222 e. The number of nitrogens with zero attached hydrogens (tertiary/aromatic N) is 4. The lowest BCUT2D eigenvalue weighted by Gasteiger charge is -2.15. The molecule has 1 N–H and O–H groups in total. The first-order valence-corrected chi connectivity index (χ1v) is 11.5. The van der Waals surface area contributed by atoms with Crippen molar-refractivity contribution in [3.63, 3.8) is 0 Å². The molecule has 3 aromatic rings. The van der Waals surface area contributed by atoms with E-state index in [0.29, 0.717) is 37.4 Å². The van der Waals surface area contributed by atoms with E-state index in [-0.39, 0.29) is 11.8 Å². The molecular formula is C24H28ClN5O2. The summed E-state index contributed by atoms with van der Waals surface area (Å²) >= 11 is 5.99. The summed E-state index contributed by atoms with van der Waals surface area (Å²) in [6.45, 7) is 6.13. The van der Waals surface area contributed by atoms with E-state index < -0.39 is 0 Å². The van der Waals surface area contributed by atoms with Crippen LogP contribution in [0.5, 0.6) is 0 Å². The van der Waals surface area contributed by atoms with Crippen LogP contribution in [0.3, 0.4) is 0 Å². The van der Waals surface area contributed by atoms with Gasteiger partial charge in [-0.05, 0) is 50.8 Å². The average molecular weight is 454 g/mol. The Morgan fingerprint density at radius 1 is 1.22 bits per heavy atom. The molecule has 0 aliphatic carbocycles. The Labute approximate surface area is 192 Å². The smallest absolute Gasteiger partial charge is 0.222 e. The first kappa shape index (κ1) is 22.3. The summed E-state index contributed by atoms with van der Waals surface area (Å²) in [5.74, 6) is 0.238. The quantitative estimate of drug-likeness (QED) is 0.527. The number of aromatic nitrogens is 3. The first-order valence-electron chi connectivity index (χ1n) is 11.1. The lowest BCUT2D eigenvalue weighted by Crippen LogP contribution is -2.30. The summed E-state index contributed by atoms with van der Waals surface area (Å²) < 4.78 is 1.84. The Balaban J connectivity index is 1.36. The summed E-state index contributed by atoms with van der Waals surface area (Å²) in [6.07, 6.45) is 3.38. The minimum atomic E-state index is 0.0129. The SMILES string of the molecule is Cc1nc2cc(-c3ccc(Cl)cc3)nn2c(C)c1CCC(=O)NCCCN1CCCC1=O. The fourth-order valence-electron chi connectivity index (χ4n) is 4.22. The van der Waals surface area contributed by atoms with Crippen molar-refractivity contribution in [3.8, 4) is 11.3 Å². The van der Waals surface area contributed by atoms with E-state index in [0.717, 1.165) is 53.2 Å². The predicted molar refractivity (Wildman–Crippen MR) is 125 cm³/mol. The Morgan fingerprint density at radius 3 is 2.72 bits per heavy atom. The van der Waals surface area contributed by atoms with Crippen LogP contribution >= 0.6 is 11.6 Å². The molecule has 0 atom stereocenters. The lowest BCUT2D eigenvalue weighted by molar-refractivity contribution is -0.127. The molecule has 1 aliphatic rings. The van der Waals surface area contributed by atoms with Gasteiger partial charge in [0, 0.05) is 60.5 Å². The van der Waals surface area contributed by atoms with Gasteiger partial charge in [0.15, 0.2) is 5.65 Å². The van der Waals surface area contributed by atoms with E-state index in [1.165, 1.54) is 0 Å². The van der Waals surface area contributed by atoms with Crippen LogP contribution in [0.2, 0.25) is 5.02 Å². The molecule has 8 heteroatoms. The molecule has 0 bridgehead atoms. The normalized spacial score (nSPS) is 13.8. The molecule has 7 nitrogen and oxygen atoms in total. The average Bonchev–Trinajstić information content (AvgIpc) is 3.38. The molecule has 32 heavy (non-hydrogen) atoms. The van der Waals surface area contributed by atoms with Gasteiger partial charge in [0.1, 0.15) is 0 Å². The molecule has 1 aromatic carbocycles. The number of halogens is 1. The van der Waals surface area contributed by atoms with Gasteiger partial charge < -0.3 is 10.2 Å². The summed E-state index contributed by atoms with van der Waals surface area (Å²) in [4.78, 5) is 30.6. The van der Waals surface area contributed by atoms with Crippen molar-refractivity contribution in [2.45, 2.75) is 46.0 Å². The zero-order valence-corrected chi connectivity index (χ0v) is 19.3. The molecule has 3 heterocycles. The third-order valence-corrected chi connectivity index (χ3v) is 6.26. The molecule has 2 aromatic heterocycles. The van der Waals surface area contributed by atoms with Gasteiger partial charge >= 0.3 is 0 Å². The van der Waals surface area contributed by atoms with Crippen LogP contribution in [-0.2, 0) is 16.0 Å². The lowest BCUT2D eigenvalue weighted by atomic mass is 10.1. The van der Waals surface area contributed by atoms with Crippen LogP contribution in [-0.4, -0.2) is 50.9 Å². The number of amides is 2. The summed E-state index contributed by atoms with van der Waals surface area (Å²) in [7, 11) is 0. The zero-order valence-electron chi connectivity index (χ0n) is 18.5. The largest absolute Gasteiger partial charge is 0.356 e. The van der Waals surface area contributed by atoms with Crippen molar-refractivity contribution < 1.29 is 9.59 Å². The molecule has 168 valence electrons. The van der Waals surface area contributed by atoms with E-state index in [4.69, 9.17) is 21.7 Å². The Kier molecular flexibility index (Phi) is 6.74. The molecule has 0 unspecified atom stereocenters. The summed E-state index contributed by atoms with van der Waals surface area (Å²) in [5, 5.41) is 8.38. The number of rotatable bonds is 8. The molecule has 0 saturated carbocycles. The van der Waals surface area contributed by atoms with Crippen LogP contribution in [0.25, 0.3) is 16.9 Å². The number of carbonyl (C=O) groups excluding carboxylic acids is 2. The van der Waals surface area contributed by atoms with Crippen LogP contribution in [0.4, 0.5) is 0 Å². The van der Waals surface area contributed by atoms with Gasteiger partial charge in [-0.25, -0.2) is 9.50 Å². The Morgan fingerprint density at radius 2 is 2.00 bits per heavy atom. The van der Waals surface area contributed by atoms with E-state index in [1.54, 1.807) is 0 Å². The second-order valence-electron chi connectivity index (χ2n) is 8.26. The standard InChI is InChI=1S/C24H28ClN5O2/c1-16-20(10-11-23(31)26-12-4-14-29-13-3-5-24(29)32)17(2)30-22(27-16)15-21(28-30)18-6-8-19(25)9-7-18/h6-9,15H,3-5,10-14H2,1-2H3,(H,26,31). The first-order chi connectivity index (χ1) is 15.4. The minimum absolute atomic E-state index is 0.0129. The Bertz CT molecular complexity index is 1140. The second-order valence-corrected chi connectivity index (χ2v) is 8.69. The molecule has 1 saturated heterocycles. The fourth-order valence-corrected chi connectivity index (χ4v) is 4.34. The molecule has 4 rings (SSSR count). The van der Waals surface area contributed by atoms with Crippen molar-refractivity contribution in [3.05, 3.63) is 52.3 Å². The number of carbonyl (C=O) groups is 2.